The predicted octanol–water partition coefficient (Wildman–Crippen LogP) is 2.22. The third-order valence-electron chi connectivity index (χ3n) is 2.66. The highest BCUT2D eigenvalue weighted by atomic mass is 79.9. The summed E-state index contributed by atoms with van der Waals surface area (Å²) in [5.74, 6) is 0.522. The number of aryl methyl sites for hydroxylation is 1. The molecule has 13 heavy (non-hydrogen) atoms. The van der Waals surface area contributed by atoms with Crippen molar-refractivity contribution in [3.8, 4) is 0 Å². The lowest BCUT2D eigenvalue weighted by atomic mass is 9.86. The molecule has 1 aromatic heterocycles. The zero-order valence-corrected chi connectivity index (χ0v) is 9.05. The van der Waals surface area contributed by atoms with Gasteiger partial charge in [-0.05, 0) is 59.3 Å². The molecule has 70 valence electrons. The van der Waals surface area contributed by atoms with Gasteiger partial charge in [0.15, 0.2) is 0 Å². The summed E-state index contributed by atoms with van der Waals surface area (Å²) < 4.78 is 1.06. The monoisotopic (exact) mass is 240 g/mol. The molecule has 0 aliphatic heterocycles. The smallest absolute Gasteiger partial charge is 0.0439 e. The van der Waals surface area contributed by atoms with Crippen LogP contribution in [0.4, 0.5) is 0 Å². The largest absolute Gasteiger partial charge is 0.330 e. The molecule has 1 aromatic rings. The van der Waals surface area contributed by atoms with E-state index in [0.717, 1.165) is 17.4 Å². The second-order valence-corrected chi connectivity index (χ2v) is 4.43. The van der Waals surface area contributed by atoms with E-state index in [4.69, 9.17) is 5.73 Å². The molecule has 0 bridgehead atoms. The Kier molecular flexibility index (Phi) is 2.65. The fourth-order valence-electron chi connectivity index (χ4n) is 1.96. The van der Waals surface area contributed by atoms with Crippen LogP contribution in [0, 0.1) is 0 Å². The Morgan fingerprint density at radius 2 is 2.46 bits per heavy atom. The van der Waals surface area contributed by atoms with Gasteiger partial charge in [0.05, 0.1) is 0 Å². The first-order valence-corrected chi connectivity index (χ1v) is 5.45. The van der Waals surface area contributed by atoms with Crippen molar-refractivity contribution in [2.24, 2.45) is 5.73 Å². The minimum Gasteiger partial charge on any atom is -0.330 e. The molecule has 0 amide bonds. The van der Waals surface area contributed by atoms with E-state index in [0.29, 0.717) is 5.92 Å². The number of nitrogens with zero attached hydrogens (tertiary/aromatic N) is 1. The molecule has 3 heteroatoms. The zero-order valence-electron chi connectivity index (χ0n) is 7.46. The number of hydrogen-bond donors (Lipinski definition) is 1. The van der Waals surface area contributed by atoms with Crippen LogP contribution in [-0.2, 0) is 6.42 Å². The molecule has 1 atom stereocenters. The Bertz CT molecular complexity index is 312. The molecule has 1 heterocycles. The Morgan fingerprint density at radius 1 is 1.62 bits per heavy atom. The van der Waals surface area contributed by atoms with Crippen molar-refractivity contribution >= 4 is 15.9 Å². The van der Waals surface area contributed by atoms with Gasteiger partial charge >= 0.3 is 0 Å². The van der Waals surface area contributed by atoms with Crippen molar-refractivity contribution < 1.29 is 0 Å². The van der Waals surface area contributed by atoms with Crippen molar-refractivity contribution in [2.75, 3.05) is 6.54 Å². The van der Waals surface area contributed by atoms with E-state index in [2.05, 4.69) is 27.0 Å². The van der Waals surface area contributed by atoms with Crippen LogP contribution in [0.3, 0.4) is 0 Å². The van der Waals surface area contributed by atoms with E-state index in [9.17, 15) is 0 Å². The highest BCUT2D eigenvalue weighted by Gasteiger charge is 2.19. The fraction of sp³-hybridized carbons (Fsp3) is 0.500. The lowest BCUT2D eigenvalue weighted by Gasteiger charge is -2.23. The Hall–Kier alpha value is -0.410. The second-order valence-electron chi connectivity index (χ2n) is 3.51. The lowest BCUT2D eigenvalue weighted by Crippen LogP contribution is -2.19. The van der Waals surface area contributed by atoms with E-state index in [1.807, 2.05) is 6.20 Å². The molecule has 0 fully saturated rings. The average molecular weight is 241 g/mol. The van der Waals surface area contributed by atoms with Crippen molar-refractivity contribution in [1.29, 1.82) is 0 Å². The first-order valence-electron chi connectivity index (χ1n) is 4.65. The average Bonchev–Trinajstić information content (AvgIpc) is 2.17. The van der Waals surface area contributed by atoms with Crippen LogP contribution in [0.2, 0.25) is 0 Å². The highest BCUT2D eigenvalue weighted by Crippen LogP contribution is 2.31. The van der Waals surface area contributed by atoms with Crippen LogP contribution in [0.1, 0.15) is 30.0 Å². The third-order valence-corrected chi connectivity index (χ3v) is 3.09. The molecule has 2 nitrogen and oxygen atoms in total. The van der Waals surface area contributed by atoms with Gasteiger partial charge in [-0.15, -0.1) is 0 Å². The van der Waals surface area contributed by atoms with E-state index < -0.39 is 0 Å². The maximum absolute atomic E-state index is 5.73. The topological polar surface area (TPSA) is 38.9 Å². The Balaban J connectivity index is 2.41. The van der Waals surface area contributed by atoms with Gasteiger partial charge in [-0.25, -0.2) is 0 Å². The van der Waals surface area contributed by atoms with Crippen molar-refractivity contribution in [2.45, 2.75) is 25.2 Å². The Morgan fingerprint density at radius 3 is 3.23 bits per heavy atom. The fourth-order valence-corrected chi connectivity index (χ4v) is 2.31. The predicted molar refractivity (Wildman–Crippen MR) is 56.7 cm³/mol. The van der Waals surface area contributed by atoms with Crippen molar-refractivity contribution in [1.82, 2.24) is 4.98 Å². The Labute approximate surface area is 86.7 Å². The van der Waals surface area contributed by atoms with Crippen LogP contribution in [0.25, 0.3) is 0 Å². The van der Waals surface area contributed by atoms with Crippen LogP contribution < -0.4 is 5.73 Å². The number of pyridine rings is 1. The van der Waals surface area contributed by atoms with Crippen molar-refractivity contribution in [3.63, 3.8) is 0 Å². The van der Waals surface area contributed by atoms with Gasteiger partial charge in [-0.3, -0.25) is 4.98 Å². The standard InChI is InChI=1S/C10H13BrN2/c11-8-4-9-7(5-12)2-1-3-10(9)13-6-8/h4,6-7H,1-3,5,12H2. The maximum atomic E-state index is 5.73. The molecule has 0 spiro atoms. The molecule has 2 N–H and O–H groups in total. The van der Waals surface area contributed by atoms with Gasteiger partial charge in [-0.2, -0.15) is 0 Å². The summed E-state index contributed by atoms with van der Waals surface area (Å²) >= 11 is 3.44. The second kappa shape index (κ2) is 3.76. The maximum Gasteiger partial charge on any atom is 0.0439 e. The van der Waals surface area contributed by atoms with E-state index in [1.165, 1.54) is 24.1 Å². The molecule has 0 saturated heterocycles. The number of hydrogen-bond acceptors (Lipinski definition) is 2. The summed E-state index contributed by atoms with van der Waals surface area (Å²) in [4.78, 5) is 4.41. The lowest BCUT2D eigenvalue weighted by molar-refractivity contribution is 0.551. The summed E-state index contributed by atoms with van der Waals surface area (Å²) in [5.41, 5.74) is 8.32. The van der Waals surface area contributed by atoms with Crippen LogP contribution in [-0.4, -0.2) is 11.5 Å². The molecule has 1 unspecified atom stereocenters. The normalized spacial score (nSPS) is 21.2. The van der Waals surface area contributed by atoms with Crippen LogP contribution >= 0.6 is 15.9 Å². The number of aromatic nitrogens is 1. The molecule has 0 aromatic carbocycles. The van der Waals surface area contributed by atoms with Gasteiger partial charge < -0.3 is 5.73 Å². The number of rotatable bonds is 1. The van der Waals surface area contributed by atoms with E-state index >= 15 is 0 Å². The quantitative estimate of drug-likeness (QED) is 0.818. The first kappa shape index (κ1) is 9.16. The number of nitrogens with two attached hydrogens (primary N) is 1. The molecule has 0 radical (unpaired) electrons. The molecular weight excluding hydrogens is 228 g/mol. The highest BCUT2D eigenvalue weighted by molar-refractivity contribution is 9.10. The summed E-state index contributed by atoms with van der Waals surface area (Å²) in [7, 11) is 0. The number of fused-ring (bicyclic) bond motifs is 1. The van der Waals surface area contributed by atoms with Crippen molar-refractivity contribution in [3.05, 3.63) is 28.0 Å². The summed E-state index contributed by atoms with van der Waals surface area (Å²) in [6.07, 6.45) is 5.42. The van der Waals surface area contributed by atoms with Crippen LogP contribution in [0.5, 0.6) is 0 Å². The molecule has 1 aliphatic carbocycles. The van der Waals surface area contributed by atoms with Gasteiger partial charge in [0.1, 0.15) is 0 Å². The first-order chi connectivity index (χ1) is 6.31. The summed E-state index contributed by atoms with van der Waals surface area (Å²) in [5, 5.41) is 0. The van der Waals surface area contributed by atoms with E-state index in [-0.39, 0.29) is 0 Å². The minimum absolute atomic E-state index is 0.522. The van der Waals surface area contributed by atoms with E-state index in [1.54, 1.807) is 0 Å². The SMILES string of the molecule is NCC1CCCc2ncc(Br)cc21. The summed E-state index contributed by atoms with van der Waals surface area (Å²) in [6, 6.07) is 2.17. The molecule has 1 aliphatic rings. The van der Waals surface area contributed by atoms with Gasteiger partial charge in [0.2, 0.25) is 0 Å². The molecule has 0 saturated carbocycles. The zero-order chi connectivity index (χ0) is 9.26. The molecular formula is C10H13BrN2. The van der Waals surface area contributed by atoms with Crippen LogP contribution in [0.15, 0.2) is 16.7 Å². The summed E-state index contributed by atoms with van der Waals surface area (Å²) in [6.45, 7) is 0.741. The van der Waals surface area contributed by atoms with Gasteiger partial charge in [0.25, 0.3) is 0 Å². The third kappa shape index (κ3) is 1.76. The van der Waals surface area contributed by atoms with Gasteiger partial charge in [0, 0.05) is 16.4 Å². The van der Waals surface area contributed by atoms with Gasteiger partial charge in [-0.1, -0.05) is 0 Å². The number of halogens is 1. The minimum atomic E-state index is 0.522. The molecule has 2 rings (SSSR count).